The second-order valence-electron chi connectivity index (χ2n) is 6.62. The molecule has 4 rings (SSSR count). The lowest BCUT2D eigenvalue weighted by Crippen LogP contribution is -2.49. The number of hydrogen-bond acceptors (Lipinski definition) is 6. The third-order valence-corrected chi connectivity index (χ3v) is 5.10. The number of imide groups is 1. The first kappa shape index (κ1) is 17.2. The summed E-state index contributed by atoms with van der Waals surface area (Å²) in [7, 11) is 0. The van der Waals surface area contributed by atoms with Gasteiger partial charge in [0, 0.05) is 45.5 Å². The Morgan fingerprint density at radius 2 is 1.59 bits per heavy atom. The average molecular weight is 361 g/mol. The zero-order valence-electron chi connectivity index (χ0n) is 14.8. The first-order valence-corrected chi connectivity index (χ1v) is 8.96. The van der Waals surface area contributed by atoms with Crippen molar-refractivity contribution in [2.45, 2.75) is 0 Å². The Hall–Kier alpha value is -3.24. The Labute approximate surface area is 157 Å². The molecular weight excluding hydrogens is 342 g/mol. The molecule has 27 heavy (non-hydrogen) atoms. The Morgan fingerprint density at radius 1 is 0.926 bits per heavy atom. The maximum atomic E-state index is 12.4. The van der Waals surface area contributed by atoms with E-state index >= 15 is 0 Å². The van der Waals surface area contributed by atoms with Gasteiger partial charge in [-0.25, -0.2) is 4.98 Å². The van der Waals surface area contributed by atoms with Gasteiger partial charge in [-0.1, -0.05) is 12.1 Å². The molecule has 1 aromatic carbocycles. The zero-order valence-corrected chi connectivity index (χ0v) is 14.8. The number of pyridine rings is 1. The van der Waals surface area contributed by atoms with Crippen LogP contribution in [-0.2, 0) is 0 Å². The molecule has 1 aromatic heterocycles. The van der Waals surface area contributed by atoms with Crippen molar-refractivity contribution in [1.82, 2.24) is 14.8 Å². The van der Waals surface area contributed by atoms with E-state index in [0.29, 0.717) is 29.8 Å². The minimum Gasteiger partial charge on any atom is -0.353 e. The van der Waals surface area contributed by atoms with Crippen LogP contribution >= 0.6 is 0 Å². The summed E-state index contributed by atoms with van der Waals surface area (Å²) >= 11 is 0. The normalized spacial score (nSPS) is 17.1. The number of carbonyl (C=O) groups is 2. The zero-order chi connectivity index (χ0) is 18.8. The molecule has 0 bridgehead atoms. The van der Waals surface area contributed by atoms with Crippen LogP contribution in [0.5, 0.6) is 0 Å². The van der Waals surface area contributed by atoms with Gasteiger partial charge in [-0.15, -0.1) is 0 Å². The van der Waals surface area contributed by atoms with Crippen molar-refractivity contribution in [2.75, 3.05) is 44.2 Å². The molecule has 136 valence electrons. The van der Waals surface area contributed by atoms with Crippen LogP contribution < -0.4 is 4.90 Å². The van der Waals surface area contributed by atoms with E-state index in [-0.39, 0.29) is 11.8 Å². The van der Waals surface area contributed by atoms with Crippen molar-refractivity contribution in [3.8, 4) is 6.07 Å². The number of anilines is 1. The molecule has 0 radical (unpaired) electrons. The molecular formula is C20H19N5O2. The second kappa shape index (κ2) is 7.17. The number of amides is 2. The Bertz CT molecular complexity index is 893. The van der Waals surface area contributed by atoms with Crippen molar-refractivity contribution in [1.29, 1.82) is 5.26 Å². The minimum atomic E-state index is -0.207. The largest absolute Gasteiger partial charge is 0.353 e. The highest BCUT2D eigenvalue weighted by molar-refractivity contribution is 6.21. The van der Waals surface area contributed by atoms with Crippen LogP contribution in [0.4, 0.5) is 5.82 Å². The number of piperazine rings is 1. The third-order valence-electron chi connectivity index (χ3n) is 5.10. The van der Waals surface area contributed by atoms with Crippen molar-refractivity contribution in [2.24, 2.45) is 0 Å². The lowest BCUT2D eigenvalue weighted by atomic mass is 10.1. The lowest BCUT2D eigenvalue weighted by molar-refractivity contribution is 0.0635. The van der Waals surface area contributed by atoms with Crippen LogP contribution in [0.3, 0.4) is 0 Å². The molecule has 2 aliphatic rings. The van der Waals surface area contributed by atoms with Crippen LogP contribution in [0.25, 0.3) is 0 Å². The molecule has 0 N–H and O–H groups in total. The molecule has 0 atom stereocenters. The number of nitriles is 1. The number of aromatic nitrogens is 1. The summed E-state index contributed by atoms with van der Waals surface area (Å²) in [6.07, 6.45) is 1.70. The van der Waals surface area contributed by atoms with Crippen molar-refractivity contribution < 1.29 is 9.59 Å². The summed E-state index contributed by atoms with van der Waals surface area (Å²) < 4.78 is 0. The van der Waals surface area contributed by atoms with Gasteiger partial charge >= 0.3 is 0 Å². The lowest BCUT2D eigenvalue weighted by Gasteiger charge is -2.36. The van der Waals surface area contributed by atoms with Crippen LogP contribution in [-0.4, -0.2) is 65.9 Å². The van der Waals surface area contributed by atoms with Gasteiger partial charge in [0.1, 0.15) is 11.9 Å². The van der Waals surface area contributed by atoms with E-state index in [1.807, 2.05) is 0 Å². The van der Waals surface area contributed by atoms with Gasteiger partial charge in [0.15, 0.2) is 0 Å². The van der Waals surface area contributed by atoms with Gasteiger partial charge in [-0.2, -0.15) is 5.26 Å². The number of rotatable bonds is 4. The SMILES string of the molecule is N#Cc1cccnc1N1CCN(CCN2C(=O)c3ccccc3C2=O)CC1. The maximum Gasteiger partial charge on any atom is 0.261 e. The molecule has 0 spiro atoms. The van der Waals surface area contributed by atoms with Gasteiger partial charge in [0.05, 0.1) is 16.7 Å². The highest BCUT2D eigenvalue weighted by atomic mass is 16.2. The predicted octanol–water partition coefficient (Wildman–Crippen LogP) is 1.37. The number of fused-ring (bicyclic) bond motifs is 1. The molecule has 7 nitrogen and oxygen atoms in total. The summed E-state index contributed by atoms with van der Waals surface area (Å²) in [5.41, 5.74) is 1.56. The van der Waals surface area contributed by atoms with Crippen LogP contribution in [0.15, 0.2) is 42.6 Å². The van der Waals surface area contributed by atoms with E-state index in [1.54, 1.807) is 42.6 Å². The molecule has 0 saturated carbocycles. The number of carbonyl (C=O) groups excluding carboxylic acids is 2. The van der Waals surface area contributed by atoms with Crippen molar-refractivity contribution in [3.05, 3.63) is 59.3 Å². The number of hydrogen-bond donors (Lipinski definition) is 0. The van der Waals surface area contributed by atoms with E-state index in [1.165, 1.54) is 4.90 Å². The Morgan fingerprint density at radius 3 is 2.22 bits per heavy atom. The number of benzene rings is 1. The van der Waals surface area contributed by atoms with Gasteiger partial charge in [0.2, 0.25) is 0 Å². The van der Waals surface area contributed by atoms with Gasteiger partial charge in [0.25, 0.3) is 11.8 Å². The Kier molecular flexibility index (Phi) is 4.57. The highest BCUT2D eigenvalue weighted by Gasteiger charge is 2.35. The molecule has 3 heterocycles. The Balaban J connectivity index is 1.34. The maximum absolute atomic E-state index is 12.4. The van der Waals surface area contributed by atoms with Crippen LogP contribution in [0, 0.1) is 11.3 Å². The van der Waals surface area contributed by atoms with Crippen LogP contribution in [0.1, 0.15) is 26.3 Å². The molecule has 7 heteroatoms. The van der Waals surface area contributed by atoms with E-state index in [9.17, 15) is 14.9 Å². The smallest absolute Gasteiger partial charge is 0.261 e. The minimum absolute atomic E-state index is 0.207. The highest BCUT2D eigenvalue weighted by Crippen LogP contribution is 2.22. The van der Waals surface area contributed by atoms with Crippen molar-refractivity contribution in [3.63, 3.8) is 0 Å². The molecule has 1 saturated heterocycles. The van der Waals surface area contributed by atoms with E-state index < -0.39 is 0 Å². The first-order valence-electron chi connectivity index (χ1n) is 8.96. The number of nitrogens with zero attached hydrogens (tertiary/aromatic N) is 5. The fourth-order valence-electron chi connectivity index (χ4n) is 3.60. The first-order chi connectivity index (χ1) is 13.2. The summed E-state index contributed by atoms with van der Waals surface area (Å²) in [4.78, 5) is 34.9. The third kappa shape index (κ3) is 3.15. The fourth-order valence-corrected chi connectivity index (χ4v) is 3.60. The van der Waals surface area contributed by atoms with Crippen molar-refractivity contribution >= 4 is 17.6 Å². The predicted molar refractivity (Wildman–Crippen MR) is 99.4 cm³/mol. The second-order valence-corrected chi connectivity index (χ2v) is 6.62. The average Bonchev–Trinajstić information content (AvgIpc) is 2.97. The monoisotopic (exact) mass is 361 g/mol. The summed E-state index contributed by atoms with van der Waals surface area (Å²) in [6, 6.07) is 12.7. The van der Waals surface area contributed by atoms with Gasteiger partial charge in [-0.3, -0.25) is 19.4 Å². The van der Waals surface area contributed by atoms with Crippen LogP contribution in [0.2, 0.25) is 0 Å². The fraction of sp³-hybridized carbons (Fsp3) is 0.300. The molecule has 2 aromatic rings. The molecule has 0 aliphatic carbocycles. The summed E-state index contributed by atoms with van der Waals surface area (Å²) in [6.45, 7) is 4.14. The quantitative estimate of drug-likeness (QED) is 0.765. The summed E-state index contributed by atoms with van der Waals surface area (Å²) in [5, 5.41) is 9.23. The van der Waals surface area contributed by atoms with Gasteiger partial charge in [-0.05, 0) is 24.3 Å². The summed E-state index contributed by atoms with van der Waals surface area (Å²) in [5.74, 6) is 0.308. The molecule has 0 unspecified atom stereocenters. The molecule has 1 fully saturated rings. The topological polar surface area (TPSA) is 80.5 Å². The molecule has 2 aliphatic heterocycles. The van der Waals surface area contributed by atoms with Gasteiger partial charge < -0.3 is 4.90 Å². The van der Waals surface area contributed by atoms with E-state index in [2.05, 4.69) is 20.9 Å². The van der Waals surface area contributed by atoms with E-state index in [4.69, 9.17) is 0 Å². The molecule has 2 amide bonds. The standard InChI is InChI=1S/C20H19N5O2/c21-14-15-4-3-7-22-18(15)24-11-8-23(9-12-24)10-13-25-19(26)16-5-1-2-6-17(16)20(25)27/h1-7H,8-13H2. The van der Waals surface area contributed by atoms with E-state index in [0.717, 1.165) is 32.0 Å².